The molecule has 24 atom stereocenters. The van der Waals surface area contributed by atoms with Gasteiger partial charge in [0.1, 0.15) is 0 Å². The summed E-state index contributed by atoms with van der Waals surface area (Å²) in [5, 5.41) is 0. The summed E-state index contributed by atoms with van der Waals surface area (Å²) in [5.74, 6) is 4.91. The molecule has 6 heterocycles. The predicted octanol–water partition coefficient (Wildman–Crippen LogP) is 7.66. The van der Waals surface area contributed by atoms with E-state index in [1.165, 1.54) is 0 Å². The molecule has 6 fully saturated rings. The molecule has 0 spiro atoms. The van der Waals surface area contributed by atoms with Crippen molar-refractivity contribution in [2.45, 2.75) is 159 Å². The molecule has 0 amide bonds. The van der Waals surface area contributed by atoms with Crippen molar-refractivity contribution < 1.29 is 47.4 Å². The van der Waals surface area contributed by atoms with Gasteiger partial charge in [0.2, 0.25) is 0 Å². The Morgan fingerprint density at radius 1 is 0.259 bits per heavy atom. The Morgan fingerprint density at radius 3 is 0.815 bits per heavy atom. The Kier molecular flexibility index (Phi) is 14.6. The van der Waals surface area contributed by atoms with Crippen molar-refractivity contribution in [3.63, 3.8) is 0 Å². The Morgan fingerprint density at radius 2 is 0.500 bits per heavy atom. The van der Waals surface area contributed by atoms with Crippen molar-refractivity contribution in [1.82, 2.24) is 0 Å². The minimum Gasteiger partial charge on any atom is -0.373 e. The van der Waals surface area contributed by atoms with Crippen LogP contribution >= 0.6 is 0 Å². The first kappa shape index (κ1) is 43.2. The first-order valence-electron chi connectivity index (χ1n) is 21.9. The molecule has 0 aromatic rings. The molecule has 0 saturated carbocycles. The number of ether oxygens (including phenoxy) is 10. The van der Waals surface area contributed by atoms with Gasteiger partial charge in [-0.05, 0) is 59.2 Å². The van der Waals surface area contributed by atoms with Crippen LogP contribution in [0.5, 0.6) is 0 Å². The van der Waals surface area contributed by atoms with Gasteiger partial charge < -0.3 is 47.4 Å². The fourth-order valence-corrected chi connectivity index (χ4v) is 9.87. The van der Waals surface area contributed by atoms with E-state index in [1.54, 1.807) is 0 Å². The summed E-state index contributed by atoms with van der Waals surface area (Å²) in [6.45, 7) is 35.3. The molecule has 6 saturated heterocycles. The molecule has 0 N–H and O–H groups in total. The molecule has 6 aliphatic heterocycles. The van der Waals surface area contributed by atoms with E-state index in [1.807, 2.05) is 0 Å². The van der Waals surface area contributed by atoms with E-state index in [4.69, 9.17) is 47.4 Å². The molecule has 54 heavy (non-hydrogen) atoms. The van der Waals surface area contributed by atoms with Crippen LogP contribution in [0.25, 0.3) is 0 Å². The van der Waals surface area contributed by atoms with Crippen LogP contribution in [0.3, 0.4) is 0 Å². The van der Waals surface area contributed by atoms with Gasteiger partial charge in [0.15, 0.2) is 25.2 Å². The summed E-state index contributed by atoms with van der Waals surface area (Å²) < 4.78 is 64.9. The predicted molar refractivity (Wildman–Crippen MR) is 206 cm³/mol. The zero-order valence-electron chi connectivity index (χ0n) is 36.2. The van der Waals surface area contributed by atoms with Crippen LogP contribution < -0.4 is 0 Å². The second kappa shape index (κ2) is 18.3. The second-order valence-electron chi connectivity index (χ2n) is 19.4. The second-order valence-corrected chi connectivity index (χ2v) is 19.4. The van der Waals surface area contributed by atoms with Gasteiger partial charge in [-0.1, -0.05) is 96.9 Å². The summed E-state index contributed by atoms with van der Waals surface area (Å²) in [7, 11) is 0. The average Bonchev–Trinajstić information content (AvgIpc) is 3.15. The fraction of sp³-hybridized carbons (Fsp3) is 1.00. The van der Waals surface area contributed by atoms with E-state index in [0.29, 0.717) is 61.9 Å². The highest BCUT2D eigenvalue weighted by Crippen LogP contribution is 2.42. The van der Waals surface area contributed by atoms with E-state index in [9.17, 15) is 0 Å². The fourth-order valence-electron chi connectivity index (χ4n) is 9.87. The summed E-state index contributed by atoms with van der Waals surface area (Å²) in [6.07, 6.45) is -1.12. The van der Waals surface area contributed by atoms with E-state index in [-0.39, 0.29) is 109 Å². The van der Waals surface area contributed by atoms with Crippen LogP contribution in [0.4, 0.5) is 0 Å². The quantitative estimate of drug-likeness (QED) is 0.233. The highest BCUT2D eigenvalue weighted by atomic mass is 16.7. The molecule has 6 aliphatic rings. The summed E-state index contributed by atoms with van der Waals surface area (Å²) in [6, 6.07) is 0. The Hall–Kier alpha value is -0.400. The topological polar surface area (TPSA) is 92.3 Å². The third-order valence-electron chi connectivity index (χ3n) is 16.2. The molecule has 0 aromatic carbocycles. The van der Waals surface area contributed by atoms with Crippen LogP contribution in [-0.4, -0.2) is 101 Å². The first-order chi connectivity index (χ1) is 25.6. The van der Waals surface area contributed by atoms with E-state index in [2.05, 4.69) is 96.9 Å². The van der Waals surface area contributed by atoms with Crippen molar-refractivity contribution in [2.75, 3.05) is 39.6 Å². The lowest BCUT2D eigenvalue weighted by atomic mass is 9.75. The molecule has 0 aromatic heterocycles. The smallest absolute Gasteiger partial charge is 0.161 e. The molecular weight excluding hydrogens is 688 g/mol. The third-order valence-corrected chi connectivity index (χ3v) is 16.2. The molecule has 10 heteroatoms. The number of rotatable bonds is 9. The van der Waals surface area contributed by atoms with Crippen LogP contribution in [0.15, 0.2) is 0 Å². The molecule has 10 nitrogen and oxygen atoms in total. The standard InChI is InChI=1S/C44H78O10/c1-21-15-47-41(31(11)23(21)3)53-37-19-49-43(33(13)27(37)7)51-35-17-45-39(29(9)25(35)5)40-30(10)26(6)36(18-46-40)52-44-34(14)28(8)38(20-50-44)54-42-32(12)24(4)22(2)16-48-42/h21-44H,15-20H2,1-14H3. The summed E-state index contributed by atoms with van der Waals surface area (Å²) >= 11 is 0. The summed E-state index contributed by atoms with van der Waals surface area (Å²) in [4.78, 5) is 0. The Bertz CT molecular complexity index is 1090. The van der Waals surface area contributed by atoms with Gasteiger partial charge in [0, 0.05) is 23.7 Å². The highest BCUT2D eigenvalue weighted by molar-refractivity contribution is 4.95. The maximum Gasteiger partial charge on any atom is 0.161 e. The molecule has 0 bridgehead atoms. The van der Waals surface area contributed by atoms with Crippen LogP contribution in [-0.2, 0) is 47.4 Å². The first-order valence-corrected chi connectivity index (χ1v) is 21.9. The third kappa shape index (κ3) is 8.93. The largest absolute Gasteiger partial charge is 0.373 e. The van der Waals surface area contributed by atoms with Gasteiger partial charge in [-0.3, -0.25) is 0 Å². The maximum atomic E-state index is 6.73. The van der Waals surface area contributed by atoms with Gasteiger partial charge in [-0.15, -0.1) is 0 Å². The van der Waals surface area contributed by atoms with Crippen molar-refractivity contribution in [1.29, 1.82) is 0 Å². The van der Waals surface area contributed by atoms with Crippen molar-refractivity contribution in [2.24, 2.45) is 82.9 Å². The monoisotopic (exact) mass is 767 g/mol. The van der Waals surface area contributed by atoms with Crippen molar-refractivity contribution in [3.8, 4) is 0 Å². The minimum atomic E-state index is -0.295. The maximum absolute atomic E-state index is 6.73. The Balaban J connectivity index is 0.961. The van der Waals surface area contributed by atoms with Gasteiger partial charge in [0.05, 0.1) is 76.3 Å². The SMILES string of the molecule is CC1COC(OC2COC(OC3COC(C4OCC(OC5OCC(OC6OCC(C)C(C)C6C)C(C)C5C)C(C)C4C)C(C)C3C)C(C)C2C)C(C)C1C. The number of hydrogen-bond acceptors (Lipinski definition) is 10. The van der Waals surface area contributed by atoms with Crippen LogP contribution in [0, 0.1) is 82.9 Å². The lowest BCUT2D eigenvalue weighted by Gasteiger charge is -2.50. The molecular formula is C44H78O10. The molecule has 0 radical (unpaired) electrons. The molecule has 6 rings (SSSR count). The zero-order chi connectivity index (χ0) is 39.2. The van der Waals surface area contributed by atoms with E-state index in [0.717, 1.165) is 13.2 Å². The van der Waals surface area contributed by atoms with E-state index >= 15 is 0 Å². The molecule has 24 unspecified atom stereocenters. The van der Waals surface area contributed by atoms with Gasteiger partial charge in [-0.25, -0.2) is 0 Å². The van der Waals surface area contributed by atoms with Crippen molar-refractivity contribution >= 4 is 0 Å². The normalized spacial score (nSPS) is 55.0. The zero-order valence-corrected chi connectivity index (χ0v) is 36.2. The van der Waals surface area contributed by atoms with Gasteiger partial charge in [0.25, 0.3) is 0 Å². The van der Waals surface area contributed by atoms with Crippen LogP contribution in [0.1, 0.15) is 96.9 Å². The van der Waals surface area contributed by atoms with Crippen LogP contribution in [0.2, 0.25) is 0 Å². The number of hydrogen-bond donors (Lipinski definition) is 0. The lowest BCUT2D eigenvalue weighted by Crippen LogP contribution is -2.58. The lowest BCUT2D eigenvalue weighted by molar-refractivity contribution is -0.316. The summed E-state index contributed by atoms with van der Waals surface area (Å²) in [5.41, 5.74) is 0. The minimum absolute atomic E-state index is 0.0138. The highest BCUT2D eigenvalue weighted by Gasteiger charge is 2.50. The van der Waals surface area contributed by atoms with Gasteiger partial charge >= 0.3 is 0 Å². The van der Waals surface area contributed by atoms with E-state index < -0.39 is 0 Å². The van der Waals surface area contributed by atoms with Gasteiger partial charge in [-0.2, -0.15) is 0 Å². The average molecular weight is 767 g/mol. The molecule has 314 valence electrons. The van der Waals surface area contributed by atoms with Crippen molar-refractivity contribution in [3.05, 3.63) is 0 Å². The Labute approximate surface area is 328 Å². The molecule has 0 aliphatic carbocycles.